The molecule has 1 fully saturated rings. The van der Waals surface area contributed by atoms with Crippen molar-refractivity contribution >= 4 is 5.91 Å². The Kier molecular flexibility index (Phi) is 4.18. The Hall–Kier alpha value is -1.86. The zero-order valence-electron chi connectivity index (χ0n) is 11.4. The number of carbonyl (C=O) groups excluding carboxylic acids is 1. The summed E-state index contributed by atoms with van der Waals surface area (Å²) in [5.74, 6) is 0.0617. The monoisotopic (exact) mass is 257 g/mol. The third-order valence-corrected chi connectivity index (χ3v) is 3.66. The molecule has 0 bridgehead atoms. The molecule has 4 nitrogen and oxygen atoms in total. The number of likely N-dealkylation sites (N-methyl/N-ethyl adjacent to an activating group) is 1. The summed E-state index contributed by atoms with van der Waals surface area (Å²) < 4.78 is 0. The molecule has 1 amide bonds. The lowest BCUT2D eigenvalue weighted by Crippen LogP contribution is -2.59. The van der Waals surface area contributed by atoms with Crippen molar-refractivity contribution < 1.29 is 4.79 Å². The largest absolute Gasteiger partial charge is 0.333 e. The summed E-state index contributed by atoms with van der Waals surface area (Å²) in [5, 5.41) is 8.85. The molecule has 1 aliphatic rings. The van der Waals surface area contributed by atoms with Crippen LogP contribution in [-0.4, -0.2) is 41.4 Å². The van der Waals surface area contributed by atoms with Crippen molar-refractivity contribution in [3.63, 3.8) is 0 Å². The van der Waals surface area contributed by atoms with Crippen LogP contribution in [0.3, 0.4) is 0 Å². The summed E-state index contributed by atoms with van der Waals surface area (Å²) >= 11 is 0. The Labute approximate surface area is 114 Å². The van der Waals surface area contributed by atoms with Crippen molar-refractivity contribution in [1.29, 1.82) is 5.26 Å². The first-order valence-electron chi connectivity index (χ1n) is 6.55. The maximum Gasteiger partial charge on any atom is 0.241 e. The van der Waals surface area contributed by atoms with E-state index in [2.05, 4.69) is 13.0 Å². The molecule has 2 rings (SSSR count). The van der Waals surface area contributed by atoms with Crippen LogP contribution in [0.5, 0.6) is 0 Å². The zero-order valence-corrected chi connectivity index (χ0v) is 11.4. The maximum absolute atomic E-state index is 12.5. The fraction of sp³-hybridized carbons (Fsp3) is 0.467. The molecule has 19 heavy (non-hydrogen) atoms. The summed E-state index contributed by atoms with van der Waals surface area (Å²) in [6, 6.07) is 12.0. The number of nitrogens with zero attached hydrogens (tertiary/aromatic N) is 3. The summed E-state index contributed by atoms with van der Waals surface area (Å²) in [7, 11) is 1.91. The minimum absolute atomic E-state index is 0.0617. The molecule has 100 valence electrons. The SMILES string of the molecule is CC1CN(C)C(CC#N)C(=O)N1Cc1ccccc1. The second-order valence-electron chi connectivity index (χ2n) is 5.12. The quantitative estimate of drug-likeness (QED) is 0.827. The van der Waals surface area contributed by atoms with Gasteiger partial charge in [0.2, 0.25) is 5.91 Å². The molecule has 4 heteroatoms. The minimum Gasteiger partial charge on any atom is -0.333 e. The van der Waals surface area contributed by atoms with Gasteiger partial charge < -0.3 is 4.90 Å². The van der Waals surface area contributed by atoms with Gasteiger partial charge >= 0.3 is 0 Å². The molecule has 1 heterocycles. The fourth-order valence-corrected chi connectivity index (χ4v) is 2.58. The molecule has 0 saturated carbocycles. The Balaban J connectivity index is 2.15. The summed E-state index contributed by atoms with van der Waals surface area (Å²) in [6.45, 7) is 3.49. The van der Waals surface area contributed by atoms with E-state index in [4.69, 9.17) is 5.26 Å². The van der Waals surface area contributed by atoms with Gasteiger partial charge in [-0.3, -0.25) is 9.69 Å². The minimum atomic E-state index is -0.301. The molecule has 1 aliphatic heterocycles. The standard InChI is InChI=1S/C15H19N3O/c1-12-10-17(2)14(8-9-16)15(19)18(12)11-13-6-4-3-5-7-13/h3-7,12,14H,8,10-11H2,1-2H3. The maximum atomic E-state index is 12.5. The van der Waals surface area contributed by atoms with E-state index in [0.29, 0.717) is 6.54 Å². The smallest absolute Gasteiger partial charge is 0.241 e. The van der Waals surface area contributed by atoms with Crippen molar-refractivity contribution in [2.24, 2.45) is 0 Å². The van der Waals surface area contributed by atoms with E-state index in [9.17, 15) is 4.79 Å². The Morgan fingerprint density at radius 1 is 1.37 bits per heavy atom. The highest BCUT2D eigenvalue weighted by atomic mass is 16.2. The number of benzene rings is 1. The van der Waals surface area contributed by atoms with Crippen molar-refractivity contribution in [3.8, 4) is 6.07 Å². The van der Waals surface area contributed by atoms with E-state index in [1.54, 1.807) is 0 Å². The molecule has 2 atom stereocenters. The third-order valence-electron chi connectivity index (χ3n) is 3.66. The number of amides is 1. The number of nitriles is 1. The summed E-state index contributed by atoms with van der Waals surface area (Å²) in [6.07, 6.45) is 0.257. The van der Waals surface area contributed by atoms with Crippen LogP contribution in [-0.2, 0) is 11.3 Å². The third kappa shape index (κ3) is 2.94. The number of piperazine rings is 1. The predicted octanol–water partition coefficient (Wildman–Crippen LogP) is 1.63. The van der Waals surface area contributed by atoms with Crippen molar-refractivity contribution in [2.75, 3.05) is 13.6 Å². The lowest BCUT2D eigenvalue weighted by Gasteiger charge is -2.42. The lowest BCUT2D eigenvalue weighted by atomic mass is 10.0. The molecule has 0 aliphatic carbocycles. The van der Waals surface area contributed by atoms with Crippen LogP contribution in [0.1, 0.15) is 18.9 Å². The topological polar surface area (TPSA) is 47.3 Å². The second kappa shape index (κ2) is 5.85. The molecule has 0 radical (unpaired) electrons. The molecule has 0 N–H and O–H groups in total. The highest BCUT2D eigenvalue weighted by Gasteiger charge is 2.36. The van der Waals surface area contributed by atoms with Gasteiger partial charge in [0.1, 0.15) is 6.04 Å². The van der Waals surface area contributed by atoms with Crippen molar-refractivity contribution in [3.05, 3.63) is 35.9 Å². The van der Waals surface area contributed by atoms with Gasteiger partial charge in [-0.15, -0.1) is 0 Å². The van der Waals surface area contributed by atoms with Crippen LogP contribution in [0, 0.1) is 11.3 Å². The van der Waals surface area contributed by atoms with E-state index in [1.807, 2.05) is 47.2 Å². The highest BCUT2D eigenvalue weighted by molar-refractivity contribution is 5.83. The van der Waals surface area contributed by atoms with Crippen molar-refractivity contribution in [1.82, 2.24) is 9.80 Å². The van der Waals surface area contributed by atoms with E-state index < -0.39 is 0 Å². The van der Waals surface area contributed by atoms with E-state index in [-0.39, 0.29) is 24.4 Å². The lowest BCUT2D eigenvalue weighted by molar-refractivity contribution is -0.145. The molecule has 2 unspecified atom stereocenters. The number of hydrogen-bond donors (Lipinski definition) is 0. The molecule has 1 aromatic rings. The van der Waals surface area contributed by atoms with Crippen LogP contribution in [0.15, 0.2) is 30.3 Å². The fourth-order valence-electron chi connectivity index (χ4n) is 2.58. The van der Waals surface area contributed by atoms with E-state index in [1.165, 1.54) is 0 Å². The summed E-state index contributed by atoms with van der Waals surface area (Å²) in [5.41, 5.74) is 1.13. The van der Waals surface area contributed by atoms with Crippen LogP contribution in [0.25, 0.3) is 0 Å². The number of hydrogen-bond acceptors (Lipinski definition) is 3. The molecule has 0 aromatic heterocycles. The van der Waals surface area contributed by atoms with Crippen LogP contribution in [0.2, 0.25) is 0 Å². The van der Waals surface area contributed by atoms with Gasteiger partial charge in [0.05, 0.1) is 12.5 Å². The Morgan fingerprint density at radius 3 is 2.68 bits per heavy atom. The first-order valence-corrected chi connectivity index (χ1v) is 6.55. The van der Waals surface area contributed by atoms with Gasteiger partial charge in [-0.2, -0.15) is 5.26 Å². The molecule has 1 saturated heterocycles. The Bertz CT molecular complexity index is 480. The van der Waals surface area contributed by atoms with Crippen LogP contribution >= 0.6 is 0 Å². The van der Waals surface area contributed by atoms with Crippen LogP contribution < -0.4 is 0 Å². The molecule has 0 spiro atoms. The van der Waals surface area contributed by atoms with Gasteiger partial charge in [0.25, 0.3) is 0 Å². The zero-order chi connectivity index (χ0) is 13.8. The number of rotatable bonds is 3. The first kappa shape index (κ1) is 13.6. The highest BCUT2D eigenvalue weighted by Crippen LogP contribution is 2.19. The molecular formula is C15H19N3O. The van der Waals surface area contributed by atoms with E-state index >= 15 is 0 Å². The van der Waals surface area contributed by atoms with Gasteiger partial charge in [-0.25, -0.2) is 0 Å². The normalized spacial score (nSPS) is 24.3. The van der Waals surface area contributed by atoms with E-state index in [0.717, 1.165) is 12.1 Å². The molecular weight excluding hydrogens is 238 g/mol. The van der Waals surface area contributed by atoms with Crippen molar-refractivity contribution in [2.45, 2.75) is 32.0 Å². The van der Waals surface area contributed by atoms with Gasteiger partial charge in [0, 0.05) is 19.1 Å². The van der Waals surface area contributed by atoms with Crippen LogP contribution in [0.4, 0.5) is 0 Å². The van der Waals surface area contributed by atoms with Gasteiger partial charge in [-0.05, 0) is 19.5 Å². The Morgan fingerprint density at radius 2 is 2.05 bits per heavy atom. The first-order chi connectivity index (χ1) is 9.13. The average Bonchev–Trinajstić information content (AvgIpc) is 2.41. The van der Waals surface area contributed by atoms with Gasteiger partial charge in [-0.1, -0.05) is 30.3 Å². The predicted molar refractivity (Wildman–Crippen MR) is 73.1 cm³/mol. The number of carbonyl (C=O) groups is 1. The summed E-state index contributed by atoms with van der Waals surface area (Å²) in [4.78, 5) is 16.3. The van der Waals surface area contributed by atoms with Gasteiger partial charge in [0.15, 0.2) is 0 Å². The second-order valence-corrected chi connectivity index (χ2v) is 5.12. The molecule has 1 aromatic carbocycles. The average molecular weight is 257 g/mol.